The Labute approximate surface area is 109 Å². The summed E-state index contributed by atoms with van der Waals surface area (Å²) in [6, 6.07) is -0.447. The van der Waals surface area contributed by atoms with E-state index >= 15 is 0 Å². The van der Waals surface area contributed by atoms with Crippen molar-refractivity contribution in [3.8, 4) is 0 Å². The maximum Gasteiger partial charge on any atom is 0.326 e. The molecule has 3 N–H and O–H groups in total. The highest BCUT2D eigenvalue weighted by molar-refractivity contribution is 5.84. The van der Waals surface area contributed by atoms with E-state index in [1.165, 1.54) is 0 Å². The number of carboxylic acid groups (broad SMARTS) is 1. The third-order valence-corrected chi connectivity index (χ3v) is 2.55. The highest BCUT2D eigenvalue weighted by Crippen LogP contribution is 2.19. The standard InChI is InChI=1S/C13H26N2O3/c1-9(2)14-8-6-7-10(16)15-11(12(17)18)13(3,4)5/h9,11,14H,6-8H2,1-5H3,(H,15,16)(H,17,18). The molecule has 0 bridgehead atoms. The normalized spacial score (nSPS) is 13.4. The Hall–Kier alpha value is -1.10. The molecule has 0 aliphatic carbocycles. The summed E-state index contributed by atoms with van der Waals surface area (Å²) in [5, 5.41) is 14.9. The number of hydrogen-bond acceptors (Lipinski definition) is 3. The van der Waals surface area contributed by atoms with Gasteiger partial charge in [0.25, 0.3) is 0 Å². The van der Waals surface area contributed by atoms with Gasteiger partial charge >= 0.3 is 5.97 Å². The SMILES string of the molecule is CC(C)NCCCC(=O)NC(C(=O)O)C(C)(C)C. The van der Waals surface area contributed by atoms with E-state index in [1.54, 1.807) is 20.8 Å². The van der Waals surface area contributed by atoms with E-state index in [0.717, 1.165) is 6.54 Å². The van der Waals surface area contributed by atoms with Gasteiger partial charge in [-0.3, -0.25) is 4.79 Å². The molecule has 106 valence electrons. The van der Waals surface area contributed by atoms with Crippen LogP contribution in [-0.4, -0.2) is 35.6 Å². The molecule has 5 nitrogen and oxygen atoms in total. The number of amides is 1. The van der Waals surface area contributed by atoms with Gasteiger partial charge in [-0.1, -0.05) is 34.6 Å². The summed E-state index contributed by atoms with van der Waals surface area (Å²) in [6.45, 7) is 10.2. The van der Waals surface area contributed by atoms with Crippen molar-refractivity contribution in [1.29, 1.82) is 0 Å². The van der Waals surface area contributed by atoms with Crippen molar-refractivity contribution in [3.63, 3.8) is 0 Å². The molecule has 1 atom stereocenters. The number of hydrogen-bond donors (Lipinski definition) is 3. The van der Waals surface area contributed by atoms with Crippen LogP contribution in [0.25, 0.3) is 0 Å². The Bertz CT molecular complexity index is 282. The minimum absolute atomic E-state index is 0.206. The van der Waals surface area contributed by atoms with Crippen molar-refractivity contribution in [1.82, 2.24) is 10.6 Å². The fraction of sp³-hybridized carbons (Fsp3) is 0.846. The fourth-order valence-electron chi connectivity index (χ4n) is 1.52. The topological polar surface area (TPSA) is 78.4 Å². The molecule has 0 aromatic heterocycles. The molecular weight excluding hydrogens is 232 g/mol. The zero-order valence-corrected chi connectivity index (χ0v) is 12.0. The third-order valence-electron chi connectivity index (χ3n) is 2.55. The molecule has 0 aliphatic heterocycles. The average Bonchev–Trinajstić information content (AvgIpc) is 2.18. The van der Waals surface area contributed by atoms with E-state index in [9.17, 15) is 9.59 Å². The van der Waals surface area contributed by atoms with E-state index in [4.69, 9.17) is 5.11 Å². The lowest BCUT2D eigenvalue weighted by Crippen LogP contribution is -2.49. The summed E-state index contributed by atoms with van der Waals surface area (Å²) in [6.07, 6.45) is 1.06. The van der Waals surface area contributed by atoms with Crippen LogP contribution in [0.2, 0.25) is 0 Å². The van der Waals surface area contributed by atoms with Crippen molar-refractivity contribution in [3.05, 3.63) is 0 Å². The lowest BCUT2D eigenvalue weighted by Gasteiger charge is -2.27. The van der Waals surface area contributed by atoms with Crippen molar-refractivity contribution >= 4 is 11.9 Å². The highest BCUT2D eigenvalue weighted by atomic mass is 16.4. The van der Waals surface area contributed by atoms with Gasteiger partial charge in [-0.2, -0.15) is 0 Å². The van der Waals surface area contributed by atoms with E-state index in [2.05, 4.69) is 10.6 Å². The van der Waals surface area contributed by atoms with Gasteiger partial charge in [-0.25, -0.2) is 4.79 Å². The number of rotatable bonds is 7. The summed E-state index contributed by atoms with van der Waals surface area (Å²) in [7, 11) is 0. The third kappa shape index (κ3) is 7.27. The molecule has 0 spiro atoms. The van der Waals surface area contributed by atoms with Gasteiger partial charge in [0.2, 0.25) is 5.91 Å². The monoisotopic (exact) mass is 258 g/mol. The van der Waals surface area contributed by atoms with E-state index in [1.807, 2.05) is 13.8 Å². The predicted molar refractivity (Wildman–Crippen MR) is 71.4 cm³/mol. The first kappa shape index (κ1) is 16.9. The predicted octanol–water partition coefficient (Wildman–Crippen LogP) is 1.38. The van der Waals surface area contributed by atoms with Crippen molar-refractivity contribution in [2.45, 2.75) is 59.5 Å². The number of carbonyl (C=O) groups is 2. The van der Waals surface area contributed by atoms with Crippen LogP contribution in [-0.2, 0) is 9.59 Å². The number of carbonyl (C=O) groups excluding carboxylic acids is 1. The van der Waals surface area contributed by atoms with Gasteiger partial charge in [-0.15, -0.1) is 0 Å². The Kier molecular flexibility index (Phi) is 6.91. The molecule has 0 rings (SSSR count). The molecule has 0 aromatic carbocycles. The molecule has 5 heteroatoms. The van der Waals surface area contributed by atoms with Gasteiger partial charge in [0, 0.05) is 12.5 Å². The number of aliphatic carboxylic acids is 1. The van der Waals surface area contributed by atoms with Crippen LogP contribution in [0, 0.1) is 5.41 Å². The largest absolute Gasteiger partial charge is 0.480 e. The van der Waals surface area contributed by atoms with Crippen LogP contribution in [0.3, 0.4) is 0 Å². The zero-order chi connectivity index (χ0) is 14.3. The van der Waals surface area contributed by atoms with Crippen LogP contribution in [0.15, 0.2) is 0 Å². The molecule has 0 aliphatic rings. The maximum absolute atomic E-state index is 11.6. The molecule has 1 amide bonds. The average molecular weight is 258 g/mol. The summed E-state index contributed by atoms with van der Waals surface area (Å²) >= 11 is 0. The first-order chi connectivity index (χ1) is 8.14. The van der Waals surface area contributed by atoms with Crippen molar-refractivity contribution < 1.29 is 14.7 Å². The second-order valence-electron chi connectivity index (χ2n) is 5.92. The van der Waals surface area contributed by atoms with Crippen LogP contribution >= 0.6 is 0 Å². The first-order valence-electron chi connectivity index (χ1n) is 6.40. The number of carboxylic acids is 1. The van der Waals surface area contributed by atoms with Gasteiger partial charge in [0.05, 0.1) is 0 Å². The smallest absolute Gasteiger partial charge is 0.326 e. The summed E-state index contributed by atoms with van der Waals surface area (Å²) in [5.41, 5.74) is -0.488. The van der Waals surface area contributed by atoms with Crippen LogP contribution in [0.4, 0.5) is 0 Å². The van der Waals surface area contributed by atoms with E-state index in [0.29, 0.717) is 18.9 Å². The molecule has 0 aromatic rings. The molecule has 0 saturated heterocycles. The minimum Gasteiger partial charge on any atom is -0.480 e. The Morgan fingerprint density at radius 2 is 1.78 bits per heavy atom. The molecule has 0 radical (unpaired) electrons. The summed E-state index contributed by atoms with van der Waals surface area (Å²) in [5.74, 6) is -1.20. The van der Waals surface area contributed by atoms with Gasteiger partial charge in [0.15, 0.2) is 0 Å². The summed E-state index contributed by atoms with van der Waals surface area (Å²) < 4.78 is 0. The Balaban J connectivity index is 4.09. The van der Waals surface area contributed by atoms with E-state index < -0.39 is 17.4 Å². The lowest BCUT2D eigenvalue weighted by atomic mass is 9.86. The zero-order valence-electron chi connectivity index (χ0n) is 12.0. The number of nitrogens with one attached hydrogen (secondary N) is 2. The van der Waals surface area contributed by atoms with Crippen molar-refractivity contribution in [2.24, 2.45) is 5.41 Å². The maximum atomic E-state index is 11.6. The highest BCUT2D eigenvalue weighted by Gasteiger charge is 2.32. The minimum atomic E-state index is -0.990. The second-order valence-corrected chi connectivity index (χ2v) is 5.92. The molecule has 1 unspecified atom stereocenters. The van der Waals surface area contributed by atoms with E-state index in [-0.39, 0.29) is 5.91 Å². The molecule has 0 heterocycles. The van der Waals surface area contributed by atoms with Crippen LogP contribution < -0.4 is 10.6 Å². The van der Waals surface area contributed by atoms with Gasteiger partial charge in [0.1, 0.15) is 6.04 Å². The molecular formula is C13H26N2O3. The Morgan fingerprint density at radius 3 is 2.17 bits per heavy atom. The molecule has 0 saturated carbocycles. The lowest BCUT2D eigenvalue weighted by molar-refractivity contribution is -0.144. The van der Waals surface area contributed by atoms with Crippen LogP contribution in [0.5, 0.6) is 0 Å². The fourth-order valence-corrected chi connectivity index (χ4v) is 1.52. The van der Waals surface area contributed by atoms with Crippen LogP contribution in [0.1, 0.15) is 47.5 Å². The van der Waals surface area contributed by atoms with Crippen molar-refractivity contribution in [2.75, 3.05) is 6.54 Å². The second kappa shape index (κ2) is 7.36. The first-order valence-corrected chi connectivity index (χ1v) is 6.40. The quantitative estimate of drug-likeness (QED) is 0.603. The summed E-state index contributed by atoms with van der Waals surface area (Å²) in [4.78, 5) is 22.7. The Morgan fingerprint density at radius 1 is 1.22 bits per heavy atom. The van der Waals surface area contributed by atoms with Gasteiger partial charge in [-0.05, 0) is 18.4 Å². The molecule has 18 heavy (non-hydrogen) atoms. The van der Waals surface area contributed by atoms with Gasteiger partial charge < -0.3 is 15.7 Å². The molecule has 0 fully saturated rings.